The van der Waals surface area contributed by atoms with Gasteiger partial charge in [0.1, 0.15) is 0 Å². The van der Waals surface area contributed by atoms with Crippen LogP contribution in [0.25, 0.3) is 0 Å². The van der Waals surface area contributed by atoms with Gasteiger partial charge in [-0.1, -0.05) is 13.8 Å². The molecule has 1 aliphatic carbocycles. The van der Waals surface area contributed by atoms with Crippen molar-refractivity contribution >= 4 is 0 Å². The van der Waals surface area contributed by atoms with Crippen LogP contribution >= 0.6 is 0 Å². The Morgan fingerprint density at radius 1 is 1.27 bits per heavy atom. The van der Waals surface area contributed by atoms with Crippen LogP contribution in [0.3, 0.4) is 0 Å². The lowest BCUT2D eigenvalue weighted by Gasteiger charge is -2.50. The molecule has 11 heavy (non-hydrogen) atoms. The van der Waals surface area contributed by atoms with Crippen LogP contribution in [0.2, 0.25) is 0 Å². The molecule has 1 heteroatoms. The number of fused-ring (bicyclic) bond motifs is 3. The normalized spacial score (nSPS) is 56.5. The van der Waals surface area contributed by atoms with Crippen LogP contribution in [0.4, 0.5) is 0 Å². The predicted octanol–water partition coefficient (Wildman–Crippen LogP) is 2.03. The lowest BCUT2D eigenvalue weighted by molar-refractivity contribution is -0.00363. The highest BCUT2D eigenvalue weighted by atomic mass is 14.9. The fourth-order valence-corrected chi connectivity index (χ4v) is 3.01. The number of hydrogen-bond acceptors (Lipinski definition) is 1. The van der Waals surface area contributed by atoms with Gasteiger partial charge in [0, 0.05) is 6.04 Å². The first-order chi connectivity index (χ1) is 5.12. The van der Waals surface area contributed by atoms with E-state index < -0.39 is 0 Å². The van der Waals surface area contributed by atoms with Gasteiger partial charge in [0.15, 0.2) is 0 Å². The van der Waals surface area contributed by atoms with Gasteiger partial charge >= 0.3 is 0 Å². The molecular weight excluding hydrogens is 134 g/mol. The smallest absolute Gasteiger partial charge is 0.00441 e. The van der Waals surface area contributed by atoms with Crippen molar-refractivity contribution in [2.45, 2.75) is 39.7 Å². The summed E-state index contributed by atoms with van der Waals surface area (Å²) >= 11 is 0. The van der Waals surface area contributed by atoms with Crippen LogP contribution in [0.5, 0.6) is 0 Å². The summed E-state index contributed by atoms with van der Waals surface area (Å²) in [5.41, 5.74) is 0.674. The van der Waals surface area contributed by atoms with Crippen LogP contribution in [-0.2, 0) is 0 Å². The molecule has 2 saturated heterocycles. The molecule has 0 amide bonds. The fraction of sp³-hybridized carbons (Fsp3) is 1.00. The molecule has 2 aliphatic heterocycles. The molecule has 1 N–H and O–H groups in total. The summed E-state index contributed by atoms with van der Waals surface area (Å²) in [5.74, 6) is 1.94. The molecule has 0 aromatic carbocycles. The van der Waals surface area contributed by atoms with Crippen molar-refractivity contribution in [3.8, 4) is 0 Å². The first-order valence-corrected chi connectivity index (χ1v) is 4.85. The van der Waals surface area contributed by atoms with E-state index in [0.717, 1.165) is 17.9 Å². The van der Waals surface area contributed by atoms with E-state index in [0.29, 0.717) is 5.41 Å². The van der Waals surface area contributed by atoms with E-state index in [1.807, 2.05) is 0 Å². The van der Waals surface area contributed by atoms with Crippen LogP contribution in [0.15, 0.2) is 0 Å². The van der Waals surface area contributed by atoms with Crippen LogP contribution < -0.4 is 5.32 Å². The molecule has 0 aromatic heterocycles. The van der Waals surface area contributed by atoms with Gasteiger partial charge < -0.3 is 5.32 Å². The molecule has 1 saturated carbocycles. The molecule has 4 atom stereocenters. The molecule has 64 valence electrons. The van der Waals surface area contributed by atoms with Gasteiger partial charge in [-0.25, -0.2) is 0 Å². The second kappa shape index (κ2) is 2.22. The van der Waals surface area contributed by atoms with Crippen LogP contribution in [0, 0.1) is 17.3 Å². The van der Waals surface area contributed by atoms with E-state index in [1.165, 1.54) is 19.4 Å². The van der Waals surface area contributed by atoms with Gasteiger partial charge in [-0.15, -0.1) is 0 Å². The van der Waals surface area contributed by atoms with Crippen molar-refractivity contribution in [3.63, 3.8) is 0 Å². The van der Waals surface area contributed by atoms with Gasteiger partial charge in [-0.05, 0) is 43.6 Å². The SMILES string of the molecule is CC1CC2(C)CC(CN1)C2C. The molecule has 2 bridgehead atoms. The van der Waals surface area contributed by atoms with Crippen molar-refractivity contribution in [2.75, 3.05) is 6.54 Å². The topological polar surface area (TPSA) is 12.0 Å². The Bertz CT molecular complexity index is 166. The van der Waals surface area contributed by atoms with E-state index in [2.05, 4.69) is 26.1 Å². The molecule has 3 aliphatic rings. The Balaban J connectivity index is 2.12. The Hall–Kier alpha value is -0.0400. The summed E-state index contributed by atoms with van der Waals surface area (Å²) in [4.78, 5) is 0. The van der Waals surface area contributed by atoms with Gasteiger partial charge in [0.2, 0.25) is 0 Å². The zero-order valence-corrected chi connectivity index (χ0v) is 7.85. The van der Waals surface area contributed by atoms with E-state index in [9.17, 15) is 0 Å². The monoisotopic (exact) mass is 153 g/mol. The summed E-state index contributed by atoms with van der Waals surface area (Å²) < 4.78 is 0. The summed E-state index contributed by atoms with van der Waals surface area (Å²) in [7, 11) is 0. The van der Waals surface area contributed by atoms with Crippen molar-refractivity contribution in [2.24, 2.45) is 17.3 Å². The number of nitrogens with one attached hydrogen (secondary N) is 1. The Morgan fingerprint density at radius 2 is 2.00 bits per heavy atom. The van der Waals surface area contributed by atoms with E-state index in [4.69, 9.17) is 0 Å². The molecule has 0 radical (unpaired) electrons. The molecular formula is C10H19N. The Morgan fingerprint density at radius 3 is 2.64 bits per heavy atom. The lowest BCUT2D eigenvalue weighted by Crippen LogP contribution is -2.44. The highest BCUT2D eigenvalue weighted by molar-refractivity contribution is 5.01. The quantitative estimate of drug-likeness (QED) is 0.561. The maximum atomic E-state index is 3.59. The van der Waals surface area contributed by atoms with Crippen LogP contribution in [-0.4, -0.2) is 12.6 Å². The maximum absolute atomic E-state index is 3.59. The van der Waals surface area contributed by atoms with Crippen molar-refractivity contribution in [1.29, 1.82) is 0 Å². The van der Waals surface area contributed by atoms with Gasteiger partial charge in [0.25, 0.3) is 0 Å². The third-order valence-corrected chi connectivity index (χ3v) is 4.04. The third-order valence-electron chi connectivity index (χ3n) is 4.04. The largest absolute Gasteiger partial charge is 0.314 e. The summed E-state index contributed by atoms with van der Waals surface area (Å²) in [5, 5.41) is 3.59. The first-order valence-electron chi connectivity index (χ1n) is 4.85. The second-order valence-corrected chi connectivity index (χ2v) is 4.92. The molecule has 3 fully saturated rings. The summed E-state index contributed by atoms with van der Waals surface area (Å²) in [6.07, 6.45) is 2.84. The fourth-order valence-electron chi connectivity index (χ4n) is 3.01. The van der Waals surface area contributed by atoms with E-state index >= 15 is 0 Å². The van der Waals surface area contributed by atoms with Crippen molar-refractivity contribution < 1.29 is 0 Å². The van der Waals surface area contributed by atoms with Gasteiger partial charge in [0.05, 0.1) is 0 Å². The maximum Gasteiger partial charge on any atom is 0.00441 e. The molecule has 2 heterocycles. The van der Waals surface area contributed by atoms with Crippen molar-refractivity contribution in [3.05, 3.63) is 0 Å². The minimum absolute atomic E-state index is 0.674. The molecule has 4 unspecified atom stereocenters. The lowest BCUT2D eigenvalue weighted by atomic mass is 9.54. The molecule has 0 aromatic rings. The zero-order chi connectivity index (χ0) is 8.06. The Labute approximate surface area is 69.6 Å². The predicted molar refractivity (Wildman–Crippen MR) is 47.5 cm³/mol. The van der Waals surface area contributed by atoms with E-state index in [1.54, 1.807) is 0 Å². The summed E-state index contributed by atoms with van der Waals surface area (Å²) in [6.45, 7) is 8.46. The molecule has 0 spiro atoms. The zero-order valence-electron chi connectivity index (χ0n) is 7.85. The van der Waals surface area contributed by atoms with Crippen molar-refractivity contribution in [1.82, 2.24) is 5.32 Å². The number of rotatable bonds is 0. The highest BCUT2D eigenvalue weighted by Gasteiger charge is 2.49. The Kier molecular flexibility index (Phi) is 1.54. The van der Waals surface area contributed by atoms with Gasteiger partial charge in [-0.3, -0.25) is 0 Å². The van der Waals surface area contributed by atoms with Crippen LogP contribution in [0.1, 0.15) is 33.6 Å². The average Bonchev–Trinajstić information content (AvgIpc) is 2.15. The molecule has 3 rings (SSSR count). The number of hydrogen-bond donors (Lipinski definition) is 1. The third kappa shape index (κ3) is 1.01. The van der Waals surface area contributed by atoms with E-state index in [-0.39, 0.29) is 0 Å². The minimum atomic E-state index is 0.674. The minimum Gasteiger partial charge on any atom is -0.314 e. The summed E-state index contributed by atoms with van der Waals surface area (Å²) in [6, 6.07) is 0.745. The van der Waals surface area contributed by atoms with Gasteiger partial charge in [-0.2, -0.15) is 0 Å². The first kappa shape index (κ1) is 7.60. The average molecular weight is 153 g/mol. The highest BCUT2D eigenvalue weighted by Crippen LogP contribution is 2.54. The molecule has 1 nitrogen and oxygen atoms in total. The standard InChI is InChI=1S/C10H19N/c1-7-4-10(3)5-9(6-11-7)8(10)2/h7-9,11H,4-6H2,1-3H3. The second-order valence-electron chi connectivity index (χ2n) is 4.92.